The number of carbonyl (C=O) groups is 1. The van der Waals surface area contributed by atoms with Crippen LogP contribution < -0.4 is 19.1 Å². The van der Waals surface area contributed by atoms with Gasteiger partial charge >= 0.3 is 0 Å². The second-order valence-electron chi connectivity index (χ2n) is 7.66. The monoisotopic (exact) mass is 480 g/mol. The van der Waals surface area contributed by atoms with Gasteiger partial charge in [-0.3, -0.25) is 9.69 Å². The summed E-state index contributed by atoms with van der Waals surface area (Å²) in [6.07, 6.45) is 1.58. The van der Waals surface area contributed by atoms with E-state index in [9.17, 15) is 4.79 Å². The van der Waals surface area contributed by atoms with Gasteiger partial charge in [-0.1, -0.05) is 50.2 Å². The average molecular weight is 481 g/mol. The van der Waals surface area contributed by atoms with E-state index in [0.29, 0.717) is 39.5 Å². The van der Waals surface area contributed by atoms with Gasteiger partial charge in [-0.2, -0.15) is 4.98 Å². The minimum absolute atomic E-state index is 0.111. The Kier molecular flexibility index (Phi) is 7.52. The topological polar surface area (TPSA) is 86.7 Å². The molecule has 0 spiro atoms. The lowest BCUT2D eigenvalue weighted by Gasteiger charge is -2.31. The lowest BCUT2D eigenvalue weighted by molar-refractivity contribution is -0.120. The highest BCUT2D eigenvalue weighted by molar-refractivity contribution is 7.99. The van der Waals surface area contributed by atoms with Gasteiger partial charge in [0.05, 0.1) is 25.5 Å². The molecule has 0 aliphatic carbocycles. The molecule has 3 aromatic rings. The normalized spacial score (nSPS) is 14.5. The van der Waals surface area contributed by atoms with Crippen LogP contribution in [0, 0.1) is 0 Å². The molecule has 2 heterocycles. The summed E-state index contributed by atoms with van der Waals surface area (Å²) in [5.74, 6) is 2.29. The van der Waals surface area contributed by atoms with Crippen molar-refractivity contribution in [1.29, 1.82) is 0 Å². The molecule has 0 saturated carbocycles. The summed E-state index contributed by atoms with van der Waals surface area (Å²) < 4.78 is 17.6. The van der Waals surface area contributed by atoms with Crippen molar-refractivity contribution >= 4 is 23.4 Å². The second-order valence-corrected chi connectivity index (χ2v) is 8.72. The van der Waals surface area contributed by atoms with Crippen molar-refractivity contribution in [2.24, 2.45) is 0 Å². The maximum absolute atomic E-state index is 13.3. The molecule has 1 aromatic heterocycles. The fourth-order valence-electron chi connectivity index (χ4n) is 3.76. The van der Waals surface area contributed by atoms with Gasteiger partial charge in [-0.05, 0) is 30.7 Å². The number of fused-ring (bicyclic) bond motifs is 3. The lowest BCUT2D eigenvalue weighted by Crippen LogP contribution is -2.37. The second kappa shape index (κ2) is 10.7. The number of unbranched alkanes of at least 4 members (excludes halogenated alkanes) is 1. The lowest BCUT2D eigenvalue weighted by atomic mass is 10.1. The van der Waals surface area contributed by atoms with Crippen molar-refractivity contribution in [3.05, 3.63) is 48.0 Å². The zero-order valence-corrected chi connectivity index (χ0v) is 20.6. The van der Waals surface area contributed by atoms with Gasteiger partial charge in [0.1, 0.15) is 11.5 Å². The third-order valence-corrected chi connectivity index (χ3v) is 6.44. The highest BCUT2D eigenvalue weighted by Gasteiger charge is 2.37. The van der Waals surface area contributed by atoms with E-state index >= 15 is 0 Å². The van der Waals surface area contributed by atoms with Crippen molar-refractivity contribution in [3.8, 4) is 28.6 Å². The molecule has 0 fully saturated rings. The SMILES string of the molecule is CCCCSc1nnc2c(n1)OC(c1cc(OC)ccc1OC)N(C(=O)CC)c1ccccc1-2. The first kappa shape index (κ1) is 23.8. The summed E-state index contributed by atoms with van der Waals surface area (Å²) in [5.41, 5.74) is 2.54. The zero-order chi connectivity index (χ0) is 24.1. The average Bonchev–Trinajstić information content (AvgIpc) is 3.02. The first-order valence-electron chi connectivity index (χ1n) is 11.3. The summed E-state index contributed by atoms with van der Waals surface area (Å²) in [4.78, 5) is 19.7. The largest absolute Gasteiger partial charge is 0.497 e. The molecular formula is C25H28N4O4S. The molecule has 0 bridgehead atoms. The number of amides is 1. The van der Waals surface area contributed by atoms with Gasteiger partial charge in [0.25, 0.3) is 0 Å². The maximum Gasteiger partial charge on any atom is 0.247 e. The number of para-hydroxylation sites is 1. The number of methoxy groups -OCH3 is 2. The highest BCUT2D eigenvalue weighted by atomic mass is 32.2. The van der Waals surface area contributed by atoms with Crippen molar-refractivity contribution in [2.45, 2.75) is 44.5 Å². The van der Waals surface area contributed by atoms with Crippen LogP contribution >= 0.6 is 11.8 Å². The first-order chi connectivity index (χ1) is 16.6. The van der Waals surface area contributed by atoms with E-state index in [1.165, 1.54) is 11.8 Å². The number of thioether (sulfide) groups is 1. The van der Waals surface area contributed by atoms with Crippen LogP contribution in [-0.2, 0) is 4.79 Å². The Morgan fingerprint density at radius 1 is 1.12 bits per heavy atom. The van der Waals surface area contributed by atoms with Gasteiger partial charge in [0.15, 0.2) is 5.69 Å². The maximum atomic E-state index is 13.3. The van der Waals surface area contributed by atoms with E-state index in [4.69, 9.17) is 19.2 Å². The van der Waals surface area contributed by atoms with Crippen LogP contribution in [0.2, 0.25) is 0 Å². The Morgan fingerprint density at radius 2 is 1.94 bits per heavy atom. The molecule has 1 amide bonds. The fourth-order valence-corrected chi connectivity index (χ4v) is 4.62. The number of rotatable bonds is 8. The van der Waals surface area contributed by atoms with E-state index < -0.39 is 6.23 Å². The predicted molar refractivity (Wildman–Crippen MR) is 132 cm³/mol. The predicted octanol–water partition coefficient (Wildman–Crippen LogP) is 5.28. The number of nitrogens with zero attached hydrogens (tertiary/aromatic N) is 4. The Labute approximate surface area is 203 Å². The summed E-state index contributed by atoms with van der Waals surface area (Å²) in [5, 5.41) is 9.34. The van der Waals surface area contributed by atoms with Crippen LogP contribution in [-0.4, -0.2) is 41.1 Å². The van der Waals surface area contributed by atoms with Crippen LogP contribution in [0.25, 0.3) is 11.3 Å². The number of aromatic nitrogens is 3. The third-order valence-electron chi connectivity index (χ3n) is 5.51. The summed E-state index contributed by atoms with van der Waals surface area (Å²) in [6.45, 7) is 3.96. The van der Waals surface area contributed by atoms with E-state index in [0.717, 1.165) is 24.2 Å². The molecule has 2 aromatic carbocycles. The van der Waals surface area contributed by atoms with Gasteiger partial charge in [0, 0.05) is 17.7 Å². The Hall–Kier alpha value is -3.33. The standard InChI is InChI=1S/C25H28N4O4S/c1-5-7-14-34-25-26-23-22(27-28-25)17-10-8-9-11-19(17)29(21(30)6-2)24(33-23)18-15-16(31-3)12-13-20(18)32-4/h8-13,15,24H,5-7,14H2,1-4H3. The van der Waals surface area contributed by atoms with E-state index in [1.807, 2.05) is 37.3 Å². The van der Waals surface area contributed by atoms with Crippen molar-refractivity contribution < 1.29 is 19.0 Å². The molecule has 4 rings (SSSR count). The minimum Gasteiger partial charge on any atom is -0.497 e. The van der Waals surface area contributed by atoms with Crippen LogP contribution in [0.3, 0.4) is 0 Å². The molecule has 1 unspecified atom stereocenters. The Balaban J connectivity index is 1.91. The van der Waals surface area contributed by atoms with Crippen molar-refractivity contribution in [3.63, 3.8) is 0 Å². The molecule has 1 aliphatic rings. The van der Waals surface area contributed by atoms with Gasteiger partial charge in [-0.15, -0.1) is 10.2 Å². The Bertz CT molecular complexity index is 1170. The number of carbonyl (C=O) groups excluding carboxylic acids is 1. The van der Waals surface area contributed by atoms with Crippen LogP contribution in [0.15, 0.2) is 47.6 Å². The first-order valence-corrected chi connectivity index (χ1v) is 12.3. The fraction of sp³-hybridized carbons (Fsp3) is 0.360. The Morgan fingerprint density at radius 3 is 2.68 bits per heavy atom. The van der Waals surface area contributed by atoms with E-state index in [2.05, 4.69) is 17.1 Å². The number of ether oxygens (including phenoxy) is 3. The number of hydrogen-bond donors (Lipinski definition) is 0. The molecule has 34 heavy (non-hydrogen) atoms. The molecule has 178 valence electrons. The molecule has 8 nitrogen and oxygen atoms in total. The summed E-state index contributed by atoms with van der Waals surface area (Å²) >= 11 is 1.54. The summed E-state index contributed by atoms with van der Waals surface area (Å²) in [7, 11) is 3.18. The van der Waals surface area contributed by atoms with E-state index in [1.54, 1.807) is 31.3 Å². The van der Waals surface area contributed by atoms with Crippen molar-refractivity contribution in [2.75, 3.05) is 24.9 Å². The third kappa shape index (κ3) is 4.65. The van der Waals surface area contributed by atoms with Gasteiger partial charge in [-0.25, -0.2) is 0 Å². The molecule has 9 heteroatoms. The van der Waals surface area contributed by atoms with Crippen LogP contribution in [0.5, 0.6) is 17.4 Å². The summed E-state index contributed by atoms with van der Waals surface area (Å²) in [6, 6.07) is 13.0. The van der Waals surface area contributed by atoms with E-state index in [-0.39, 0.29) is 12.3 Å². The van der Waals surface area contributed by atoms with Crippen LogP contribution in [0.4, 0.5) is 5.69 Å². The number of benzene rings is 2. The molecule has 1 aliphatic heterocycles. The molecule has 0 saturated heterocycles. The van der Waals surface area contributed by atoms with Gasteiger partial charge in [0.2, 0.25) is 23.2 Å². The molecule has 1 atom stereocenters. The smallest absolute Gasteiger partial charge is 0.247 e. The van der Waals surface area contributed by atoms with Crippen LogP contribution in [0.1, 0.15) is 44.9 Å². The number of hydrogen-bond acceptors (Lipinski definition) is 8. The quantitative estimate of drug-likeness (QED) is 0.318. The zero-order valence-electron chi connectivity index (χ0n) is 19.8. The molecule has 0 radical (unpaired) electrons. The molecular weight excluding hydrogens is 452 g/mol. The highest BCUT2D eigenvalue weighted by Crippen LogP contribution is 2.45. The number of anilines is 1. The van der Waals surface area contributed by atoms with Crippen molar-refractivity contribution in [1.82, 2.24) is 15.2 Å². The minimum atomic E-state index is -0.843. The van der Waals surface area contributed by atoms with Gasteiger partial charge < -0.3 is 14.2 Å². The molecule has 0 N–H and O–H groups in total.